The van der Waals surface area contributed by atoms with Gasteiger partial charge in [0.1, 0.15) is 0 Å². The highest BCUT2D eigenvalue weighted by atomic mass is 16.6. The standard InChI is InChI=1S/C23H28O4/c1-23(2,21(24)26-17-9-15-19-11-5-3-6-12-19)22(25)27-18-10-16-20-13-7-4-8-14-20/h3-8,11-14H,9-10,15-18H2,1-2H3. The number of benzene rings is 2. The van der Waals surface area contributed by atoms with Gasteiger partial charge in [-0.3, -0.25) is 9.59 Å². The SMILES string of the molecule is CC(C)(C(=O)OCCCc1ccccc1)C(=O)OCCCc1ccccc1. The number of ether oxygens (including phenoxy) is 2. The summed E-state index contributed by atoms with van der Waals surface area (Å²) in [6.45, 7) is 3.68. The summed E-state index contributed by atoms with van der Waals surface area (Å²) in [7, 11) is 0. The summed E-state index contributed by atoms with van der Waals surface area (Å²) in [4.78, 5) is 24.5. The molecule has 0 fully saturated rings. The second kappa shape index (κ2) is 10.5. The van der Waals surface area contributed by atoms with Crippen LogP contribution in [0.15, 0.2) is 60.7 Å². The van der Waals surface area contributed by atoms with E-state index in [-0.39, 0.29) is 0 Å². The van der Waals surface area contributed by atoms with Gasteiger partial charge in [-0.05, 0) is 50.7 Å². The third-order valence-corrected chi connectivity index (χ3v) is 4.39. The molecule has 4 heteroatoms. The summed E-state index contributed by atoms with van der Waals surface area (Å²) < 4.78 is 10.6. The molecule has 0 aromatic heterocycles. The number of hydrogen-bond donors (Lipinski definition) is 0. The quantitative estimate of drug-likeness (QED) is 0.355. The molecule has 0 aliphatic heterocycles. The Morgan fingerprint density at radius 3 is 1.44 bits per heavy atom. The highest BCUT2D eigenvalue weighted by molar-refractivity contribution is 5.99. The van der Waals surface area contributed by atoms with Crippen molar-refractivity contribution in [3.8, 4) is 0 Å². The van der Waals surface area contributed by atoms with Gasteiger partial charge < -0.3 is 9.47 Å². The molecule has 0 spiro atoms. The first kappa shape index (κ1) is 20.7. The van der Waals surface area contributed by atoms with Gasteiger partial charge in [-0.2, -0.15) is 0 Å². The van der Waals surface area contributed by atoms with Gasteiger partial charge in [0.15, 0.2) is 5.41 Å². The van der Waals surface area contributed by atoms with Crippen LogP contribution in [0.3, 0.4) is 0 Å². The van der Waals surface area contributed by atoms with Crippen molar-refractivity contribution in [2.75, 3.05) is 13.2 Å². The topological polar surface area (TPSA) is 52.6 Å². The zero-order valence-electron chi connectivity index (χ0n) is 16.1. The second-order valence-corrected chi connectivity index (χ2v) is 7.08. The number of rotatable bonds is 10. The molecule has 0 aliphatic carbocycles. The maximum Gasteiger partial charge on any atom is 0.322 e. The molecule has 27 heavy (non-hydrogen) atoms. The van der Waals surface area contributed by atoms with Gasteiger partial charge in [-0.25, -0.2) is 0 Å². The molecule has 0 N–H and O–H groups in total. The number of carbonyl (C=O) groups excluding carboxylic acids is 2. The fraction of sp³-hybridized carbons (Fsp3) is 0.391. The van der Waals surface area contributed by atoms with Gasteiger partial charge in [0.2, 0.25) is 0 Å². The maximum absolute atomic E-state index is 12.2. The van der Waals surface area contributed by atoms with Gasteiger partial charge in [0, 0.05) is 0 Å². The summed E-state index contributed by atoms with van der Waals surface area (Å²) in [5.74, 6) is -1.08. The largest absolute Gasteiger partial charge is 0.465 e. The first-order valence-corrected chi connectivity index (χ1v) is 9.42. The monoisotopic (exact) mass is 368 g/mol. The van der Waals surface area contributed by atoms with Crippen LogP contribution in [-0.2, 0) is 31.9 Å². The molecule has 0 radical (unpaired) electrons. The van der Waals surface area contributed by atoms with E-state index >= 15 is 0 Å². The molecule has 0 unspecified atom stereocenters. The van der Waals surface area contributed by atoms with Gasteiger partial charge in [-0.1, -0.05) is 60.7 Å². The summed E-state index contributed by atoms with van der Waals surface area (Å²) in [5, 5.41) is 0. The lowest BCUT2D eigenvalue weighted by molar-refractivity contribution is -0.169. The predicted octanol–water partition coefficient (Wildman–Crippen LogP) is 4.36. The van der Waals surface area contributed by atoms with E-state index in [9.17, 15) is 9.59 Å². The molecular formula is C23H28O4. The highest BCUT2D eigenvalue weighted by Crippen LogP contribution is 2.20. The third kappa shape index (κ3) is 6.89. The lowest BCUT2D eigenvalue weighted by atomic mass is 9.94. The van der Waals surface area contributed by atoms with Crippen molar-refractivity contribution >= 4 is 11.9 Å². The molecular weight excluding hydrogens is 340 g/mol. The van der Waals surface area contributed by atoms with E-state index in [1.165, 1.54) is 11.1 Å². The number of hydrogen-bond acceptors (Lipinski definition) is 4. The van der Waals surface area contributed by atoms with Crippen molar-refractivity contribution in [2.24, 2.45) is 5.41 Å². The lowest BCUT2D eigenvalue weighted by Gasteiger charge is -2.20. The van der Waals surface area contributed by atoms with Gasteiger partial charge >= 0.3 is 11.9 Å². The molecule has 0 aliphatic rings. The fourth-order valence-electron chi connectivity index (χ4n) is 2.62. The Balaban J connectivity index is 1.66. The van der Waals surface area contributed by atoms with E-state index in [1.807, 2.05) is 60.7 Å². The van der Waals surface area contributed by atoms with Crippen molar-refractivity contribution in [2.45, 2.75) is 39.5 Å². The molecule has 0 atom stereocenters. The second-order valence-electron chi connectivity index (χ2n) is 7.08. The summed E-state index contributed by atoms with van der Waals surface area (Å²) in [6, 6.07) is 20.0. The van der Waals surface area contributed by atoms with E-state index in [2.05, 4.69) is 0 Å². The van der Waals surface area contributed by atoms with Gasteiger partial charge in [-0.15, -0.1) is 0 Å². The molecule has 4 nitrogen and oxygen atoms in total. The first-order valence-electron chi connectivity index (χ1n) is 9.42. The third-order valence-electron chi connectivity index (χ3n) is 4.39. The van der Waals surface area contributed by atoms with Gasteiger partial charge in [0.25, 0.3) is 0 Å². The Labute approximate surface area is 161 Å². The van der Waals surface area contributed by atoms with Crippen LogP contribution in [-0.4, -0.2) is 25.2 Å². The molecule has 2 aromatic carbocycles. The van der Waals surface area contributed by atoms with Crippen molar-refractivity contribution in [3.05, 3.63) is 71.8 Å². The molecule has 0 saturated heterocycles. The van der Waals surface area contributed by atoms with Crippen molar-refractivity contribution in [3.63, 3.8) is 0 Å². The smallest absolute Gasteiger partial charge is 0.322 e. The van der Waals surface area contributed by atoms with Crippen LogP contribution >= 0.6 is 0 Å². The summed E-state index contributed by atoms with van der Waals surface area (Å²) in [5.41, 5.74) is 1.11. The van der Waals surface area contributed by atoms with Crippen LogP contribution in [0.1, 0.15) is 37.8 Å². The molecule has 144 valence electrons. The highest BCUT2D eigenvalue weighted by Gasteiger charge is 2.39. The number of esters is 2. The molecule has 0 bridgehead atoms. The van der Waals surface area contributed by atoms with E-state index in [4.69, 9.17) is 9.47 Å². The Morgan fingerprint density at radius 2 is 1.07 bits per heavy atom. The first-order chi connectivity index (χ1) is 13.0. The minimum absolute atomic E-state index is 0.290. The van der Waals surface area contributed by atoms with Crippen LogP contribution in [0, 0.1) is 5.41 Å². The van der Waals surface area contributed by atoms with Crippen molar-refractivity contribution in [1.82, 2.24) is 0 Å². The lowest BCUT2D eigenvalue weighted by Crippen LogP contribution is -2.37. The predicted molar refractivity (Wildman–Crippen MR) is 105 cm³/mol. The maximum atomic E-state index is 12.2. The van der Waals surface area contributed by atoms with Crippen LogP contribution in [0.2, 0.25) is 0 Å². The minimum atomic E-state index is -1.29. The molecule has 2 rings (SSSR count). The summed E-state index contributed by atoms with van der Waals surface area (Å²) >= 11 is 0. The average Bonchev–Trinajstić information content (AvgIpc) is 2.69. The number of aryl methyl sites for hydroxylation is 2. The van der Waals surface area contributed by atoms with E-state index < -0.39 is 17.4 Å². The van der Waals surface area contributed by atoms with Crippen molar-refractivity contribution < 1.29 is 19.1 Å². The van der Waals surface area contributed by atoms with E-state index in [1.54, 1.807) is 13.8 Å². The van der Waals surface area contributed by atoms with E-state index in [0.29, 0.717) is 13.2 Å². The Hall–Kier alpha value is -2.62. The summed E-state index contributed by atoms with van der Waals surface area (Å²) in [6.07, 6.45) is 3.10. The minimum Gasteiger partial charge on any atom is -0.465 e. The van der Waals surface area contributed by atoms with Crippen LogP contribution in [0.5, 0.6) is 0 Å². The normalized spacial score (nSPS) is 11.0. The molecule has 0 saturated carbocycles. The average molecular weight is 368 g/mol. The van der Waals surface area contributed by atoms with Crippen molar-refractivity contribution in [1.29, 1.82) is 0 Å². The molecule has 0 amide bonds. The van der Waals surface area contributed by atoms with Crippen LogP contribution in [0.4, 0.5) is 0 Å². The Bertz CT molecular complexity index is 646. The Morgan fingerprint density at radius 1 is 0.704 bits per heavy atom. The van der Waals surface area contributed by atoms with Crippen LogP contribution < -0.4 is 0 Å². The van der Waals surface area contributed by atoms with E-state index in [0.717, 1.165) is 25.7 Å². The van der Waals surface area contributed by atoms with Gasteiger partial charge in [0.05, 0.1) is 13.2 Å². The Kier molecular flexibility index (Phi) is 8.05. The van der Waals surface area contributed by atoms with Crippen LogP contribution in [0.25, 0.3) is 0 Å². The number of carbonyl (C=O) groups is 2. The molecule has 0 heterocycles. The molecule has 2 aromatic rings. The zero-order valence-corrected chi connectivity index (χ0v) is 16.1. The zero-order chi connectivity index (χ0) is 19.5. The fourth-order valence-corrected chi connectivity index (χ4v) is 2.62.